The predicted molar refractivity (Wildman–Crippen MR) is 105 cm³/mol. The van der Waals surface area contributed by atoms with Gasteiger partial charge in [-0.15, -0.1) is 0 Å². The molecule has 0 unspecified atom stereocenters. The number of anilines is 1. The first-order chi connectivity index (χ1) is 13.7. The summed E-state index contributed by atoms with van der Waals surface area (Å²) in [6, 6.07) is 12.7. The van der Waals surface area contributed by atoms with Crippen LogP contribution in [0, 0.1) is 12.7 Å². The van der Waals surface area contributed by atoms with Gasteiger partial charge < -0.3 is 9.64 Å². The van der Waals surface area contributed by atoms with Crippen molar-refractivity contribution in [1.82, 2.24) is 15.0 Å². The molecule has 5 nitrogen and oxygen atoms in total. The monoisotopic (exact) mass is 378 g/mol. The van der Waals surface area contributed by atoms with Gasteiger partial charge in [-0.25, -0.2) is 14.4 Å². The molecule has 0 bridgehead atoms. The van der Waals surface area contributed by atoms with Crippen LogP contribution in [0.5, 0.6) is 0 Å². The topological polar surface area (TPSA) is 51.1 Å². The zero-order valence-corrected chi connectivity index (χ0v) is 15.9. The Kier molecular flexibility index (Phi) is 5.58. The Labute approximate surface area is 164 Å². The Morgan fingerprint density at radius 3 is 2.43 bits per heavy atom. The number of ether oxygens (including phenoxy) is 1. The van der Waals surface area contributed by atoms with E-state index in [0.717, 1.165) is 41.5 Å². The molecule has 28 heavy (non-hydrogen) atoms. The molecular formula is C22H23FN4O. The second-order valence-corrected chi connectivity index (χ2v) is 7.10. The lowest BCUT2D eigenvalue weighted by Gasteiger charge is -2.25. The largest absolute Gasteiger partial charge is 0.381 e. The summed E-state index contributed by atoms with van der Waals surface area (Å²) in [7, 11) is 0. The lowest BCUT2D eigenvalue weighted by molar-refractivity contribution is 0.193. The summed E-state index contributed by atoms with van der Waals surface area (Å²) in [5.74, 6) is 1.70. The van der Waals surface area contributed by atoms with Crippen molar-refractivity contribution in [2.45, 2.75) is 32.4 Å². The first-order valence-electron chi connectivity index (χ1n) is 9.49. The van der Waals surface area contributed by atoms with Crippen molar-refractivity contribution < 1.29 is 9.13 Å². The summed E-state index contributed by atoms with van der Waals surface area (Å²) in [6.07, 6.45) is 4.56. The number of halogens is 1. The summed E-state index contributed by atoms with van der Waals surface area (Å²) in [4.78, 5) is 15.6. The Balaban J connectivity index is 1.66. The van der Waals surface area contributed by atoms with Crippen LogP contribution in [0.1, 0.15) is 35.0 Å². The Bertz CT molecular complexity index is 912. The molecule has 144 valence electrons. The van der Waals surface area contributed by atoms with Crippen LogP contribution in [-0.2, 0) is 17.8 Å². The Morgan fingerprint density at radius 1 is 1.04 bits per heavy atom. The first kappa shape index (κ1) is 18.5. The van der Waals surface area contributed by atoms with Crippen LogP contribution in [0.3, 0.4) is 0 Å². The molecule has 0 N–H and O–H groups in total. The standard InChI is InChI=1S/C22H23FN4O/c1-16-25-21(19-8-11-28-15-19)12-22(26-16)27(14-18-6-9-24-10-7-18)13-17-2-4-20(23)5-3-17/h2-7,9-10,12,19H,8,11,13-15H2,1H3/t19-/m1/s1. The second kappa shape index (κ2) is 8.44. The molecule has 3 heterocycles. The van der Waals surface area contributed by atoms with Crippen LogP contribution in [0.15, 0.2) is 54.9 Å². The van der Waals surface area contributed by atoms with Gasteiger partial charge in [-0.2, -0.15) is 0 Å². The predicted octanol–water partition coefficient (Wildman–Crippen LogP) is 4.03. The average Bonchev–Trinajstić information content (AvgIpc) is 3.24. The number of rotatable bonds is 6. The van der Waals surface area contributed by atoms with Crippen LogP contribution in [0.2, 0.25) is 0 Å². The summed E-state index contributed by atoms with van der Waals surface area (Å²) in [6.45, 7) is 4.71. The molecule has 4 rings (SSSR count). The molecule has 1 fully saturated rings. The van der Waals surface area contributed by atoms with Crippen LogP contribution >= 0.6 is 0 Å². The smallest absolute Gasteiger partial charge is 0.133 e. The first-order valence-corrected chi connectivity index (χ1v) is 9.49. The van der Waals surface area contributed by atoms with E-state index < -0.39 is 0 Å². The van der Waals surface area contributed by atoms with Gasteiger partial charge in [0, 0.05) is 44.1 Å². The van der Waals surface area contributed by atoms with Crippen LogP contribution in [-0.4, -0.2) is 28.2 Å². The fraction of sp³-hybridized carbons (Fsp3) is 0.318. The molecule has 1 aliphatic rings. The van der Waals surface area contributed by atoms with Crippen molar-refractivity contribution in [2.24, 2.45) is 0 Å². The van der Waals surface area contributed by atoms with Gasteiger partial charge in [0.25, 0.3) is 0 Å². The van der Waals surface area contributed by atoms with Gasteiger partial charge in [0.1, 0.15) is 17.5 Å². The van der Waals surface area contributed by atoms with Crippen LogP contribution in [0.4, 0.5) is 10.2 Å². The summed E-state index contributed by atoms with van der Waals surface area (Å²) in [5.41, 5.74) is 3.19. The number of pyridine rings is 1. The van der Waals surface area contributed by atoms with E-state index in [-0.39, 0.29) is 5.82 Å². The number of benzene rings is 1. The van der Waals surface area contributed by atoms with E-state index >= 15 is 0 Å². The zero-order valence-electron chi connectivity index (χ0n) is 15.9. The molecular weight excluding hydrogens is 355 g/mol. The molecule has 0 aliphatic carbocycles. The SMILES string of the molecule is Cc1nc([C@@H]2CCOC2)cc(N(Cc2ccncc2)Cc2ccc(F)cc2)n1. The Morgan fingerprint density at radius 2 is 1.75 bits per heavy atom. The molecule has 1 aliphatic heterocycles. The lowest BCUT2D eigenvalue weighted by Crippen LogP contribution is -2.24. The third kappa shape index (κ3) is 4.51. The molecule has 3 aromatic rings. The van der Waals surface area contributed by atoms with Crippen molar-refractivity contribution in [3.8, 4) is 0 Å². The normalized spacial score (nSPS) is 16.3. The lowest BCUT2D eigenvalue weighted by atomic mass is 10.0. The highest BCUT2D eigenvalue weighted by molar-refractivity contribution is 5.43. The fourth-order valence-corrected chi connectivity index (χ4v) is 3.45. The van der Waals surface area contributed by atoms with E-state index in [1.165, 1.54) is 12.1 Å². The van der Waals surface area contributed by atoms with Crippen molar-refractivity contribution >= 4 is 5.82 Å². The molecule has 1 saturated heterocycles. The van der Waals surface area contributed by atoms with Crippen LogP contribution < -0.4 is 4.90 Å². The fourth-order valence-electron chi connectivity index (χ4n) is 3.45. The maximum atomic E-state index is 13.3. The maximum absolute atomic E-state index is 13.3. The van der Waals surface area contributed by atoms with Crippen molar-refractivity contribution in [2.75, 3.05) is 18.1 Å². The molecule has 0 amide bonds. The third-order valence-corrected chi connectivity index (χ3v) is 4.93. The van der Waals surface area contributed by atoms with Crippen molar-refractivity contribution in [3.63, 3.8) is 0 Å². The summed E-state index contributed by atoms with van der Waals surface area (Å²) < 4.78 is 18.9. The molecule has 0 radical (unpaired) electrons. The number of hydrogen-bond acceptors (Lipinski definition) is 5. The van der Waals surface area contributed by atoms with Gasteiger partial charge in [0.15, 0.2) is 0 Å². The third-order valence-electron chi connectivity index (χ3n) is 4.93. The molecule has 0 spiro atoms. The van der Waals surface area contributed by atoms with E-state index in [4.69, 9.17) is 9.72 Å². The van der Waals surface area contributed by atoms with E-state index in [2.05, 4.69) is 20.9 Å². The minimum atomic E-state index is -0.231. The van der Waals surface area contributed by atoms with Gasteiger partial charge in [-0.05, 0) is 48.7 Å². The van der Waals surface area contributed by atoms with E-state index in [1.54, 1.807) is 12.4 Å². The zero-order chi connectivity index (χ0) is 19.3. The highest BCUT2D eigenvalue weighted by Crippen LogP contribution is 2.27. The second-order valence-electron chi connectivity index (χ2n) is 7.10. The number of hydrogen-bond donors (Lipinski definition) is 0. The molecule has 2 aromatic heterocycles. The molecule has 6 heteroatoms. The van der Waals surface area contributed by atoms with E-state index in [9.17, 15) is 4.39 Å². The quantitative estimate of drug-likeness (QED) is 0.648. The Hall–Kier alpha value is -2.86. The van der Waals surface area contributed by atoms with Crippen LogP contribution in [0.25, 0.3) is 0 Å². The van der Waals surface area contributed by atoms with Crippen molar-refractivity contribution in [1.29, 1.82) is 0 Å². The number of aryl methyl sites for hydroxylation is 1. The van der Waals surface area contributed by atoms with Gasteiger partial charge in [-0.1, -0.05) is 12.1 Å². The molecule has 1 atom stereocenters. The number of nitrogens with zero attached hydrogens (tertiary/aromatic N) is 4. The van der Waals surface area contributed by atoms with E-state index in [1.807, 2.05) is 31.2 Å². The van der Waals surface area contributed by atoms with Crippen molar-refractivity contribution in [3.05, 3.63) is 83.3 Å². The van der Waals surface area contributed by atoms with Gasteiger partial charge >= 0.3 is 0 Å². The highest BCUT2D eigenvalue weighted by Gasteiger charge is 2.21. The molecule has 0 saturated carbocycles. The summed E-state index contributed by atoms with van der Waals surface area (Å²) >= 11 is 0. The summed E-state index contributed by atoms with van der Waals surface area (Å²) in [5, 5.41) is 0. The average molecular weight is 378 g/mol. The van der Waals surface area contributed by atoms with Gasteiger partial charge in [0.2, 0.25) is 0 Å². The highest BCUT2D eigenvalue weighted by atomic mass is 19.1. The minimum absolute atomic E-state index is 0.231. The molecule has 1 aromatic carbocycles. The maximum Gasteiger partial charge on any atom is 0.133 e. The van der Waals surface area contributed by atoms with Gasteiger partial charge in [0.05, 0.1) is 12.3 Å². The van der Waals surface area contributed by atoms with Gasteiger partial charge in [-0.3, -0.25) is 4.98 Å². The van der Waals surface area contributed by atoms with E-state index in [0.29, 0.717) is 25.6 Å². The number of aromatic nitrogens is 3. The minimum Gasteiger partial charge on any atom is -0.381 e.